The molecule has 1 aromatic rings. The van der Waals surface area contributed by atoms with Crippen molar-refractivity contribution >= 4 is 17.5 Å². The summed E-state index contributed by atoms with van der Waals surface area (Å²) in [6.07, 6.45) is 2.93. The summed E-state index contributed by atoms with van der Waals surface area (Å²) < 4.78 is 0. The molecular formula is C26H43N3O4. The van der Waals surface area contributed by atoms with E-state index >= 15 is 0 Å². The summed E-state index contributed by atoms with van der Waals surface area (Å²) >= 11 is 0. The number of hydrogen-bond acceptors (Lipinski definition) is 5. The van der Waals surface area contributed by atoms with Gasteiger partial charge in [-0.2, -0.15) is 0 Å². The van der Waals surface area contributed by atoms with Gasteiger partial charge in [-0.15, -0.1) is 0 Å². The number of carbonyl (C=O) groups is 2. The maximum Gasteiger partial charge on any atom is 0.227 e. The van der Waals surface area contributed by atoms with E-state index in [0.29, 0.717) is 25.9 Å². The second-order valence-corrected chi connectivity index (χ2v) is 10.4. The van der Waals surface area contributed by atoms with Gasteiger partial charge >= 0.3 is 0 Å². The highest BCUT2D eigenvalue weighted by Gasteiger charge is 2.34. The van der Waals surface area contributed by atoms with Crippen LogP contribution < -0.4 is 16.0 Å². The van der Waals surface area contributed by atoms with Gasteiger partial charge in [-0.3, -0.25) is 9.59 Å². The number of nitrogens with zero attached hydrogens (tertiary/aromatic N) is 1. The van der Waals surface area contributed by atoms with Gasteiger partial charge in [0.05, 0.1) is 6.10 Å². The van der Waals surface area contributed by atoms with Gasteiger partial charge in [0.25, 0.3) is 0 Å². The minimum absolute atomic E-state index is 0.00374. The zero-order valence-electron chi connectivity index (χ0n) is 20.7. The molecule has 1 aromatic carbocycles. The van der Waals surface area contributed by atoms with Crippen molar-refractivity contribution in [3.8, 4) is 0 Å². The fourth-order valence-corrected chi connectivity index (χ4v) is 4.60. The molecule has 2 rings (SSSR count). The lowest BCUT2D eigenvalue weighted by molar-refractivity contribution is -0.125. The molecule has 1 heterocycles. The van der Waals surface area contributed by atoms with Crippen molar-refractivity contribution < 1.29 is 19.8 Å². The summed E-state index contributed by atoms with van der Waals surface area (Å²) in [7, 11) is 0. The first kappa shape index (κ1) is 27.3. The van der Waals surface area contributed by atoms with Gasteiger partial charge in [0.1, 0.15) is 0 Å². The summed E-state index contributed by atoms with van der Waals surface area (Å²) in [5, 5.41) is 23.2. The number of aliphatic hydroxyl groups excluding tert-OH is 2. The fraction of sp³-hybridized carbons (Fsp3) is 0.692. The van der Waals surface area contributed by atoms with E-state index in [0.717, 1.165) is 30.5 Å². The topological polar surface area (TPSA) is 116 Å². The molecule has 0 saturated heterocycles. The zero-order chi connectivity index (χ0) is 24.6. The van der Waals surface area contributed by atoms with E-state index < -0.39 is 17.6 Å². The Morgan fingerprint density at radius 2 is 2.00 bits per heavy atom. The van der Waals surface area contributed by atoms with Crippen molar-refractivity contribution in [3.63, 3.8) is 0 Å². The molecule has 0 spiro atoms. The number of amides is 2. The third-order valence-electron chi connectivity index (χ3n) is 6.58. The van der Waals surface area contributed by atoms with Crippen LogP contribution in [0.5, 0.6) is 0 Å². The molecule has 7 nitrogen and oxygen atoms in total. The number of unbranched alkanes of at least 4 members (excludes halogenated alkanes) is 1. The van der Waals surface area contributed by atoms with Gasteiger partial charge in [0.2, 0.25) is 11.8 Å². The Hall–Kier alpha value is -1.96. The highest BCUT2D eigenvalue weighted by Crippen LogP contribution is 2.34. The number of benzene rings is 1. The number of rotatable bonds is 12. The summed E-state index contributed by atoms with van der Waals surface area (Å²) in [4.78, 5) is 27.3. The first-order valence-electron chi connectivity index (χ1n) is 12.3. The second kappa shape index (κ2) is 12.5. The third kappa shape index (κ3) is 8.09. The lowest BCUT2D eigenvalue weighted by atomic mass is 9.79. The number of para-hydroxylation sites is 1. The quantitative estimate of drug-likeness (QED) is 0.357. The summed E-state index contributed by atoms with van der Waals surface area (Å²) in [5.41, 5.74) is 7.87. The number of nitrogens with two attached hydrogens (primary N) is 1. The van der Waals surface area contributed by atoms with E-state index in [1.54, 1.807) is 11.8 Å². The number of fused-ring (bicyclic) bond motifs is 1. The molecule has 0 saturated carbocycles. The van der Waals surface area contributed by atoms with E-state index in [1.807, 2.05) is 38.1 Å². The third-order valence-corrected chi connectivity index (χ3v) is 6.58. The van der Waals surface area contributed by atoms with Gasteiger partial charge in [-0.1, -0.05) is 52.3 Å². The smallest absolute Gasteiger partial charge is 0.227 e. The number of hydrogen-bond donors (Lipinski definition) is 4. The minimum Gasteiger partial charge on any atom is -0.396 e. The monoisotopic (exact) mass is 461 g/mol. The SMILES string of the molecule is CCCCNC(=O)[C@H](C)C[C@H](O)[C@@H](N)CC(C)(C)CC(=O)N1C[C@H](CO)Cc2ccccc21. The Balaban J connectivity index is 1.94. The van der Waals surface area contributed by atoms with Crippen molar-refractivity contribution in [2.75, 3.05) is 24.6 Å². The number of carbonyl (C=O) groups excluding carboxylic acids is 2. The van der Waals surface area contributed by atoms with E-state index in [1.165, 1.54) is 0 Å². The number of aliphatic hydroxyl groups is 2. The predicted octanol–water partition coefficient (Wildman–Crippen LogP) is 2.62. The molecule has 186 valence electrons. The molecule has 1 aliphatic heterocycles. The van der Waals surface area contributed by atoms with Crippen LogP contribution in [0.3, 0.4) is 0 Å². The Morgan fingerprint density at radius 3 is 2.67 bits per heavy atom. The van der Waals surface area contributed by atoms with Gasteiger partial charge in [0, 0.05) is 49.7 Å². The molecule has 0 unspecified atom stereocenters. The predicted molar refractivity (Wildman–Crippen MR) is 132 cm³/mol. The van der Waals surface area contributed by atoms with Crippen molar-refractivity contribution in [1.29, 1.82) is 0 Å². The maximum absolute atomic E-state index is 13.3. The Morgan fingerprint density at radius 1 is 1.30 bits per heavy atom. The fourth-order valence-electron chi connectivity index (χ4n) is 4.60. The van der Waals surface area contributed by atoms with Gasteiger partial charge in [0.15, 0.2) is 0 Å². The van der Waals surface area contributed by atoms with Crippen LogP contribution in [0.15, 0.2) is 24.3 Å². The molecule has 4 atom stereocenters. The van der Waals surface area contributed by atoms with E-state index in [-0.39, 0.29) is 36.7 Å². The summed E-state index contributed by atoms with van der Waals surface area (Å²) in [5.74, 6) is -0.365. The molecule has 0 radical (unpaired) electrons. The zero-order valence-corrected chi connectivity index (χ0v) is 20.7. The van der Waals surface area contributed by atoms with Crippen molar-refractivity contribution in [1.82, 2.24) is 5.32 Å². The normalized spacial score (nSPS) is 18.9. The maximum atomic E-state index is 13.3. The van der Waals surface area contributed by atoms with Crippen molar-refractivity contribution in [2.45, 2.75) is 78.4 Å². The highest BCUT2D eigenvalue weighted by atomic mass is 16.3. The lowest BCUT2D eigenvalue weighted by Crippen LogP contribution is -2.45. The van der Waals surface area contributed by atoms with Crippen molar-refractivity contribution in [3.05, 3.63) is 29.8 Å². The van der Waals surface area contributed by atoms with Crippen LogP contribution in [0.2, 0.25) is 0 Å². The highest BCUT2D eigenvalue weighted by molar-refractivity contribution is 5.95. The van der Waals surface area contributed by atoms with E-state index in [9.17, 15) is 19.8 Å². The van der Waals surface area contributed by atoms with Gasteiger partial charge in [-0.25, -0.2) is 0 Å². The van der Waals surface area contributed by atoms with Crippen LogP contribution in [-0.2, 0) is 16.0 Å². The molecule has 33 heavy (non-hydrogen) atoms. The molecule has 0 bridgehead atoms. The molecule has 5 N–H and O–H groups in total. The largest absolute Gasteiger partial charge is 0.396 e. The van der Waals surface area contributed by atoms with E-state index in [2.05, 4.69) is 12.2 Å². The van der Waals surface area contributed by atoms with Crippen LogP contribution in [0.4, 0.5) is 5.69 Å². The average molecular weight is 462 g/mol. The summed E-state index contributed by atoms with van der Waals surface area (Å²) in [6.45, 7) is 9.03. The lowest BCUT2D eigenvalue weighted by Gasteiger charge is -2.37. The van der Waals surface area contributed by atoms with Crippen LogP contribution >= 0.6 is 0 Å². The van der Waals surface area contributed by atoms with Gasteiger partial charge < -0.3 is 26.2 Å². The van der Waals surface area contributed by atoms with Crippen LogP contribution in [0.1, 0.15) is 65.4 Å². The standard InChI is InChI=1S/C26H43N3O4/c1-5-6-11-28-25(33)18(2)12-23(31)21(27)14-26(3,4)15-24(32)29-16-19(17-30)13-20-9-7-8-10-22(20)29/h7-10,18-19,21,23,30-31H,5-6,11-17,27H2,1-4H3,(H,28,33)/t18-,19-,21+,23+/m1/s1. The first-order chi connectivity index (χ1) is 15.6. The molecule has 2 amide bonds. The van der Waals surface area contributed by atoms with Crippen molar-refractivity contribution in [2.24, 2.45) is 23.0 Å². The summed E-state index contributed by atoms with van der Waals surface area (Å²) in [6, 6.07) is 7.31. The Kier molecular flexibility index (Phi) is 10.3. The molecule has 0 fully saturated rings. The molecular weight excluding hydrogens is 418 g/mol. The first-order valence-corrected chi connectivity index (χ1v) is 12.3. The number of anilines is 1. The van der Waals surface area contributed by atoms with E-state index in [4.69, 9.17) is 5.73 Å². The number of nitrogens with one attached hydrogen (secondary N) is 1. The average Bonchev–Trinajstić information content (AvgIpc) is 2.77. The molecule has 0 aromatic heterocycles. The van der Waals surface area contributed by atoms with Crippen LogP contribution in [-0.4, -0.2) is 53.9 Å². The van der Waals surface area contributed by atoms with Gasteiger partial charge in [-0.05, 0) is 42.7 Å². The Bertz CT molecular complexity index is 783. The molecule has 7 heteroatoms. The molecule has 1 aliphatic rings. The Labute approximate surface area is 198 Å². The molecule has 0 aliphatic carbocycles. The van der Waals surface area contributed by atoms with Crippen LogP contribution in [0.25, 0.3) is 0 Å². The second-order valence-electron chi connectivity index (χ2n) is 10.4. The van der Waals surface area contributed by atoms with Crippen LogP contribution in [0, 0.1) is 17.3 Å². The minimum atomic E-state index is -0.819.